The number of esters is 1. The van der Waals surface area contributed by atoms with Crippen molar-refractivity contribution in [1.82, 2.24) is 10.2 Å². The summed E-state index contributed by atoms with van der Waals surface area (Å²) < 4.78 is 4.93. The van der Waals surface area contributed by atoms with Crippen molar-refractivity contribution in [3.8, 4) is 34.0 Å². The first-order valence-electron chi connectivity index (χ1n) is 7.77. The maximum Gasteiger partial charge on any atom is 0.336 e. The van der Waals surface area contributed by atoms with Gasteiger partial charge in [0.25, 0.3) is 0 Å². The minimum absolute atomic E-state index is 0.137. The number of ether oxygens (including phenoxy) is 1. The van der Waals surface area contributed by atoms with Crippen molar-refractivity contribution >= 4 is 5.97 Å². The highest BCUT2D eigenvalue weighted by atomic mass is 16.5. The molecule has 1 aromatic heterocycles. The third kappa shape index (κ3) is 2.76. The van der Waals surface area contributed by atoms with Crippen LogP contribution in [0, 0.1) is 0 Å². The molecule has 5 heteroatoms. The predicted molar refractivity (Wildman–Crippen MR) is 93.2 cm³/mol. The quantitative estimate of drug-likeness (QED) is 0.460. The van der Waals surface area contributed by atoms with E-state index in [9.17, 15) is 9.90 Å². The number of carbonyl (C=O) groups excluding carboxylic acids is 1. The molecule has 2 aromatic carbocycles. The summed E-state index contributed by atoms with van der Waals surface area (Å²) in [6.45, 7) is 3.34. The summed E-state index contributed by atoms with van der Waals surface area (Å²) in [5, 5.41) is 17.7. The Hall–Kier alpha value is -3.47. The van der Waals surface area contributed by atoms with E-state index >= 15 is 0 Å². The standard InChI is InChI=1S/C20H14N2O3/c1-2-20(24)25-19-8-7-18(21-22-19)12-3-5-16-13(9-12)10-14-11-15(23)4-6-17(14)16/h2-9,11,23H,1,10H2. The number of nitrogens with zero attached hydrogens (tertiary/aromatic N) is 2. The smallest absolute Gasteiger partial charge is 0.336 e. The lowest BCUT2D eigenvalue weighted by atomic mass is 10.0. The summed E-state index contributed by atoms with van der Waals surface area (Å²) in [5.74, 6) is -0.152. The van der Waals surface area contributed by atoms with Crippen LogP contribution in [0.2, 0.25) is 0 Å². The van der Waals surface area contributed by atoms with Gasteiger partial charge in [-0.2, -0.15) is 0 Å². The predicted octanol–water partition coefficient (Wildman–Crippen LogP) is 3.51. The zero-order valence-corrected chi connectivity index (χ0v) is 13.3. The van der Waals surface area contributed by atoms with Gasteiger partial charge in [0.1, 0.15) is 5.75 Å². The molecule has 4 rings (SSSR count). The van der Waals surface area contributed by atoms with E-state index in [1.54, 1.807) is 24.3 Å². The lowest BCUT2D eigenvalue weighted by Gasteiger charge is -2.05. The average Bonchev–Trinajstić information content (AvgIpc) is 2.98. The fourth-order valence-electron chi connectivity index (χ4n) is 3.03. The first-order chi connectivity index (χ1) is 12.1. The molecule has 0 aliphatic heterocycles. The van der Waals surface area contributed by atoms with E-state index in [1.807, 2.05) is 12.1 Å². The number of benzene rings is 2. The Morgan fingerprint density at radius 1 is 1.04 bits per heavy atom. The fraction of sp³-hybridized carbons (Fsp3) is 0.0500. The number of rotatable bonds is 3. The topological polar surface area (TPSA) is 72.3 Å². The van der Waals surface area contributed by atoms with Gasteiger partial charge in [-0.3, -0.25) is 0 Å². The van der Waals surface area contributed by atoms with Gasteiger partial charge >= 0.3 is 5.97 Å². The van der Waals surface area contributed by atoms with Gasteiger partial charge < -0.3 is 9.84 Å². The number of hydrogen-bond acceptors (Lipinski definition) is 5. The van der Waals surface area contributed by atoms with Gasteiger partial charge in [0.05, 0.1) is 5.69 Å². The van der Waals surface area contributed by atoms with Gasteiger partial charge in [0, 0.05) is 17.7 Å². The Morgan fingerprint density at radius 2 is 1.80 bits per heavy atom. The van der Waals surface area contributed by atoms with E-state index < -0.39 is 5.97 Å². The summed E-state index contributed by atoms with van der Waals surface area (Å²) in [5.41, 5.74) is 6.25. The molecule has 0 saturated carbocycles. The molecular weight excluding hydrogens is 316 g/mol. The number of fused-ring (bicyclic) bond motifs is 3. The minimum Gasteiger partial charge on any atom is -0.508 e. The third-order valence-corrected chi connectivity index (χ3v) is 4.17. The molecule has 1 N–H and O–H groups in total. The fourth-order valence-corrected chi connectivity index (χ4v) is 3.03. The van der Waals surface area contributed by atoms with Crippen molar-refractivity contribution in [3.63, 3.8) is 0 Å². The molecule has 0 unspecified atom stereocenters. The van der Waals surface area contributed by atoms with E-state index in [-0.39, 0.29) is 11.6 Å². The number of phenols is 1. The first kappa shape index (κ1) is 15.1. The molecule has 5 nitrogen and oxygen atoms in total. The monoisotopic (exact) mass is 330 g/mol. The number of phenolic OH excluding ortho intramolecular Hbond substituents is 1. The number of hydrogen-bond donors (Lipinski definition) is 1. The molecule has 25 heavy (non-hydrogen) atoms. The Kier molecular flexibility index (Phi) is 3.54. The highest BCUT2D eigenvalue weighted by Gasteiger charge is 2.19. The average molecular weight is 330 g/mol. The number of carbonyl (C=O) groups is 1. The molecule has 0 radical (unpaired) electrons. The van der Waals surface area contributed by atoms with E-state index in [1.165, 1.54) is 11.1 Å². The summed E-state index contributed by atoms with van der Waals surface area (Å²) >= 11 is 0. The summed E-state index contributed by atoms with van der Waals surface area (Å²) in [4.78, 5) is 11.2. The van der Waals surface area contributed by atoms with Gasteiger partial charge in [-0.25, -0.2) is 4.79 Å². The van der Waals surface area contributed by atoms with E-state index in [0.29, 0.717) is 5.69 Å². The molecular formula is C20H14N2O3. The third-order valence-electron chi connectivity index (χ3n) is 4.17. The molecule has 0 atom stereocenters. The van der Waals surface area contributed by atoms with Crippen LogP contribution in [0.3, 0.4) is 0 Å². The van der Waals surface area contributed by atoms with Gasteiger partial charge in [-0.1, -0.05) is 24.8 Å². The largest absolute Gasteiger partial charge is 0.508 e. The molecule has 1 aliphatic carbocycles. The van der Waals surface area contributed by atoms with Crippen molar-refractivity contribution in [2.75, 3.05) is 0 Å². The summed E-state index contributed by atoms with van der Waals surface area (Å²) in [6.07, 6.45) is 1.85. The van der Waals surface area contributed by atoms with E-state index in [4.69, 9.17) is 4.74 Å². The van der Waals surface area contributed by atoms with Gasteiger partial charge in [0.15, 0.2) is 0 Å². The number of aromatic nitrogens is 2. The Balaban J connectivity index is 1.63. The van der Waals surface area contributed by atoms with Gasteiger partial charge in [-0.15, -0.1) is 10.2 Å². The van der Waals surface area contributed by atoms with E-state index in [2.05, 4.69) is 28.9 Å². The first-order valence-corrected chi connectivity index (χ1v) is 7.77. The molecule has 0 spiro atoms. The van der Waals surface area contributed by atoms with Crippen LogP contribution in [0.1, 0.15) is 11.1 Å². The van der Waals surface area contributed by atoms with Crippen molar-refractivity contribution in [2.45, 2.75) is 6.42 Å². The highest BCUT2D eigenvalue weighted by Crippen LogP contribution is 2.39. The van der Waals surface area contributed by atoms with Gasteiger partial charge in [-0.05, 0) is 52.9 Å². The molecule has 0 saturated heterocycles. The Bertz CT molecular complexity index is 994. The maximum absolute atomic E-state index is 11.2. The second-order valence-electron chi connectivity index (χ2n) is 5.77. The molecule has 3 aromatic rings. The molecule has 122 valence electrons. The zero-order chi connectivity index (χ0) is 17.4. The van der Waals surface area contributed by atoms with Crippen molar-refractivity contribution in [3.05, 3.63) is 72.3 Å². The van der Waals surface area contributed by atoms with Crippen LogP contribution < -0.4 is 4.74 Å². The van der Waals surface area contributed by atoms with Crippen molar-refractivity contribution < 1.29 is 14.6 Å². The van der Waals surface area contributed by atoms with E-state index in [0.717, 1.165) is 29.2 Å². The normalized spacial score (nSPS) is 11.5. The SMILES string of the molecule is C=CC(=O)Oc1ccc(-c2ccc3c(c2)Cc2cc(O)ccc2-3)nn1. The van der Waals surface area contributed by atoms with Crippen molar-refractivity contribution in [1.29, 1.82) is 0 Å². The van der Waals surface area contributed by atoms with Gasteiger partial charge in [0.2, 0.25) is 5.88 Å². The lowest BCUT2D eigenvalue weighted by molar-refractivity contribution is -0.129. The second-order valence-corrected chi connectivity index (χ2v) is 5.77. The lowest BCUT2D eigenvalue weighted by Crippen LogP contribution is -2.05. The maximum atomic E-state index is 11.2. The van der Waals surface area contributed by atoms with Crippen LogP contribution >= 0.6 is 0 Å². The summed E-state index contributed by atoms with van der Waals surface area (Å²) in [6, 6.07) is 14.9. The van der Waals surface area contributed by atoms with Crippen LogP contribution in [0.5, 0.6) is 11.6 Å². The van der Waals surface area contributed by atoms with Crippen LogP contribution in [-0.4, -0.2) is 21.3 Å². The zero-order valence-electron chi connectivity index (χ0n) is 13.3. The highest BCUT2D eigenvalue weighted by molar-refractivity contribution is 5.83. The summed E-state index contributed by atoms with van der Waals surface area (Å²) in [7, 11) is 0. The number of aromatic hydroxyl groups is 1. The van der Waals surface area contributed by atoms with Crippen molar-refractivity contribution in [2.24, 2.45) is 0 Å². The molecule has 0 fully saturated rings. The van der Waals surface area contributed by atoms with Crippen LogP contribution in [0.25, 0.3) is 22.4 Å². The Morgan fingerprint density at radius 3 is 2.52 bits per heavy atom. The molecule has 0 bridgehead atoms. The Labute approximate surface area is 144 Å². The van der Waals surface area contributed by atoms with Crippen LogP contribution in [0.4, 0.5) is 0 Å². The molecule has 1 heterocycles. The van der Waals surface area contributed by atoms with Crippen LogP contribution in [0.15, 0.2) is 61.2 Å². The minimum atomic E-state index is -0.569. The second kappa shape index (κ2) is 5.87. The molecule has 0 amide bonds. The molecule has 1 aliphatic rings. The van der Waals surface area contributed by atoms with Crippen LogP contribution in [-0.2, 0) is 11.2 Å².